The highest BCUT2D eigenvalue weighted by Gasteiger charge is 2.17. The lowest BCUT2D eigenvalue weighted by molar-refractivity contribution is -0.119. The highest BCUT2D eigenvalue weighted by atomic mass is 32.2. The zero-order chi connectivity index (χ0) is 21.0. The van der Waals surface area contributed by atoms with Crippen LogP contribution in [0.15, 0.2) is 47.6 Å². The maximum Gasteiger partial charge on any atom is 0.231 e. The number of para-hydroxylation sites is 1. The number of thioether (sulfide) groups is 1. The third-order valence-electron chi connectivity index (χ3n) is 5.10. The summed E-state index contributed by atoms with van der Waals surface area (Å²) in [6.07, 6.45) is 2.18. The van der Waals surface area contributed by atoms with Gasteiger partial charge in [0, 0.05) is 30.3 Å². The number of benzene rings is 2. The number of nitrogens with zero attached hydrogens (tertiary/aromatic N) is 2. The normalized spacial score (nSPS) is 17.1. The van der Waals surface area contributed by atoms with Gasteiger partial charge in [0.2, 0.25) is 12.7 Å². The molecule has 0 unspecified atom stereocenters. The van der Waals surface area contributed by atoms with Crippen LogP contribution in [0.5, 0.6) is 11.5 Å². The van der Waals surface area contributed by atoms with Gasteiger partial charge in [-0.05, 0) is 37.1 Å². The largest absolute Gasteiger partial charge is 0.454 e. The summed E-state index contributed by atoms with van der Waals surface area (Å²) in [6.45, 7) is 1.55. The predicted octanol–water partition coefficient (Wildman–Crippen LogP) is 3.49. The standard InChI is InChI=1S/C22H22N4O4S/c27-20(23-11-15-4-3-9-28-15)12-31-22-25-17-6-2-1-5-16(17)21(26-22)24-14-7-8-18-19(10-14)30-13-29-18/h1-2,5-8,10,15H,3-4,9,11-13H2,(H,23,27)(H,24,25,26)/t15-/m0/s1. The van der Waals surface area contributed by atoms with Gasteiger partial charge in [-0.2, -0.15) is 0 Å². The third-order valence-corrected chi connectivity index (χ3v) is 5.95. The highest BCUT2D eigenvalue weighted by molar-refractivity contribution is 7.99. The molecule has 1 aromatic heterocycles. The zero-order valence-electron chi connectivity index (χ0n) is 16.8. The average Bonchev–Trinajstić information content (AvgIpc) is 3.48. The molecule has 1 amide bonds. The van der Waals surface area contributed by atoms with Gasteiger partial charge in [0.15, 0.2) is 16.7 Å². The Hall–Kier alpha value is -3.04. The lowest BCUT2D eigenvalue weighted by Gasteiger charge is -2.12. The van der Waals surface area contributed by atoms with E-state index in [0.29, 0.717) is 23.3 Å². The van der Waals surface area contributed by atoms with Crippen LogP contribution in [0.1, 0.15) is 12.8 Å². The van der Waals surface area contributed by atoms with Crippen LogP contribution < -0.4 is 20.1 Å². The number of hydrogen-bond acceptors (Lipinski definition) is 8. The van der Waals surface area contributed by atoms with E-state index in [1.54, 1.807) is 0 Å². The van der Waals surface area contributed by atoms with Crippen LogP contribution >= 0.6 is 11.8 Å². The summed E-state index contributed by atoms with van der Waals surface area (Å²) in [5.74, 6) is 2.28. The molecule has 0 bridgehead atoms. The van der Waals surface area contributed by atoms with Crippen LogP contribution in [0, 0.1) is 0 Å². The van der Waals surface area contributed by atoms with E-state index in [1.165, 1.54) is 11.8 Å². The van der Waals surface area contributed by atoms with Gasteiger partial charge < -0.3 is 24.8 Å². The smallest absolute Gasteiger partial charge is 0.231 e. The second kappa shape index (κ2) is 8.99. The molecular formula is C22H22N4O4S. The first kappa shape index (κ1) is 19.9. The summed E-state index contributed by atoms with van der Waals surface area (Å²) < 4.78 is 16.4. The minimum Gasteiger partial charge on any atom is -0.454 e. The van der Waals surface area contributed by atoms with E-state index < -0.39 is 0 Å². The summed E-state index contributed by atoms with van der Waals surface area (Å²) in [6, 6.07) is 13.4. The summed E-state index contributed by atoms with van der Waals surface area (Å²) >= 11 is 1.31. The van der Waals surface area contributed by atoms with Gasteiger partial charge >= 0.3 is 0 Å². The molecule has 2 aliphatic heterocycles. The van der Waals surface area contributed by atoms with Crippen LogP contribution in [-0.2, 0) is 9.53 Å². The van der Waals surface area contributed by atoms with Gasteiger partial charge in [-0.1, -0.05) is 23.9 Å². The number of amides is 1. The number of nitrogens with one attached hydrogen (secondary N) is 2. The third kappa shape index (κ3) is 4.67. The summed E-state index contributed by atoms with van der Waals surface area (Å²) in [4.78, 5) is 21.5. The quantitative estimate of drug-likeness (QED) is 0.428. The van der Waals surface area contributed by atoms with Crippen molar-refractivity contribution in [3.05, 3.63) is 42.5 Å². The maximum atomic E-state index is 12.2. The summed E-state index contributed by atoms with van der Waals surface area (Å²) in [7, 11) is 0. The second-order valence-electron chi connectivity index (χ2n) is 7.29. The molecule has 2 aliphatic rings. The number of rotatable bonds is 7. The van der Waals surface area contributed by atoms with Crippen LogP contribution in [0.25, 0.3) is 10.9 Å². The van der Waals surface area contributed by atoms with Gasteiger partial charge in [0.05, 0.1) is 17.4 Å². The number of fused-ring (bicyclic) bond motifs is 2. The van der Waals surface area contributed by atoms with Crippen LogP contribution in [0.3, 0.4) is 0 Å². The maximum absolute atomic E-state index is 12.2. The van der Waals surface area contributed by atoms with E-state index in [2.05, 4.69) is 20.6 Å². The minimum absolute atomic E-state index is 0.0532. The summed E-state index contributed by atoms with van der Waals surface area (Å²) in [5.41, 5.74) is 1.64. The number of carbonyl (C=O) groups is 1. The Morgan fingerprint density at radius 3 is 2.94 bits per heavy atom. The van der Waals surface area contributed by atoms with Crippen molar-refractivity contribution < 1.29 is 19.0 Å². The molecule has 1 fully saturated rings. The van der Waals surface area contributed by atoms with E-state index in [0.717, 1.165) is 41.8 Å². The predicted molar refractivity (Wildman–Crippen MR) is 118 cm³/mol. The molecular weight excluding hydrogens is 416 g/mol. The molecule has 160 valence electrons. The number of hydrogen-bond donors (Lipinski definition) is 2. The van der Waals surface area contributed by atoms with Gasteiger partial charge in [0.1, 0.15) is 5.82 Å². The monoisotopic (exact) mass is 438 g/mol. The first-order valence-corrected chi connectivity index (χ1v) is 11.2. The molecule has 2 N–H and O–H groups in total. The minimum atomic E-state index is -0.0532. The van der Waals surface area contributed by atoms with E-state index in [1.807, 2.05) is 42.5 Å². The molecule has 1 saturated heterocycles. The lowest BCUT2D eigenvalue weighted by atomic mass is 10.2. The van der Waals surface area contributed by atoms with Crippen LogP contribution in [0.4, 0.5) is 11.5 Å². The van der Waals surface area contributed by atoms with E-state index in [-0.39, 0.29) is 24.6 Å². The molecule has 0 aliphatic carbocycles. The van der Waals surface area contributed by atoms with Crippen LogP contribution in [0.2, 0.25) is 0 Å². The van der Waals surface area contributed by atoms with E-state index in [4.69, 9.17) is 14.2 Å². The fraction of sp³-hybridized carbons (Fsp3) is 0.318. The van der Waals surface area contributed by atoms with E-state index in [9.17, 15) is 4.79 Å². The molecule has 0 spiro atoms. The van der Waals surface area contributed by atoms with Gasteiger partial charge in [0.25, 0.3) is 0 Å². The van der Waals surface area contributed by atoms with Crippen molar-refractivity contribution in [3.63, 3.8) is 0 Å². The Labute approximate surface area is 183 Å². The molecule has 3 heterocycles. The fourth-order valence-electron chi connectivity index (χ4n) is 3.54. The van der Waals surface area contributed by atoms with E-state index >= 15 is 0 Å². The topological polar surface area (TPSA) is 94.6 Å². The molecule has 9 heteroatoms. The Morgan fingerprint density at radius 2 is 2.03 bits per heavy atom. The molecule has 0 radical (unpaired) electrons. The number of ether oxygens (including phenoxy) is 3. The Kier molecular flexibility index (Phi) is 5.77. The van der Waals surface area contributed by atoms with Crippen molar-refractivity contribution >= 4 is 40.1 Å². The van der Waals surface area contributed by atoms with Crippen molar-refractivity contribution in [2.75, 3.05) is 31.0 Å². The first-order chi connectivity index (χ1) is 15.2. The second-order valence-corrected chi connectivity index (χ2v) is 8.24. The van der Waals surface area contributed by atoms with Crippen molar-refractivity contribution in [2.45, 2.75) is 24.1 Å². The molecule has 3 aromatic rings. The Bertz CT molecular complexity index is 1100. The zero-order valence-corrected chi connectivity index (χ0v) is 17.6. The summed E-state index contributed by atoms with van der Waals surface area (Å²) in [5, 5.41) is 7.71. The molecule has 8 nitrogen and oxygen atoms in total. The molecule has 5 rings (SSSR count). The Morgan fingerprint density at radius 1 is 1.13 bits per heavy atom. The molecule has 2 aromatic carbocycles. The van der Waals surface area contributed by atoms with Crippen molar-refractivity contribution in [2.24, 2.45) is 0 Å². The number of carbonyl (C=O) groups excluding carboxylic acids is 1. The van der Waals surface area contributed by atoms with Gasteiger partial charge in [-0.25, -0.2) is 9.97 Å². The SMILES string of the molecule is O=C(CSc1nc(Nc2ccc3c(c2)OCO3)c2ccccc2n1)NC[C@@H]1CCCO1. The highest BCUT2D eigenvalue weighted by Crippen LogP contribution is 2.36. The molecule has 1 atom stereocenters. The van der Waals surface area contributed by atoms with Crippen LogP contribution in [-0.4, -0.2) is 47.7 Å². The van der Waals surface area contributed by atoms with Crippen molar-refractivity contribution in [1.29, 1.82) is 0 Å². The number of anilines is 2. The van der Waals surface area contributed by atoms with Crippen molar-refractivity contribution in [3.8, 4) is 11.5 Å². The van der Waals surface area contributed by atoms with Gasteiger partial charge in [-0.15, -0.1) is 0 Å². The van der Waals surface area contributed by atoms with Gasteiger partial charge in [-0.3, -0.25) is 4.79 Å². The molecule has 31 heavy (non-hydrogen) atoms. The first-order valence-electron chi connectivity index (χ1n) is 10.2. The fourth-order valence-corrected chi connectivity index (χ4v) is 4.22. The van der Waals surface area contributed by atoms with Crippen molar-refractivity contribution in [1.82, 2.24) is 15.3 Å². The number of aromatic nitrogens is 2. The lowest BCUT2D eigenvalue weighted by Crippen LogP contribution is -2.32. The Balaban J connectivity index is 1.30. The molecule has 0 saturated carbocycles. The average molecular weight is 439 g/mol.